The van der Waals surface area contributed by atoms with Crippen LogP contribution in [-0.2, 0) is 16.1 Å². The van der Waals surface area contributed by atoms with E-state index in [1.807, 2.05) is 30.3 Å². The Labute approximate surface area is 120 Å². The molecule has 21 heavy (non-hydrogen) atoms. The third-order valence-corrected chi connectivity index (χ3v) is 3.41. The van der Waals surface area contributed by atoms with Crippen LogP contribution in [-0.4, -0.2) is 41.7 Å². The van der Waals surface area contributed by atoms with E-state index in [1.165, 1.54) is 4.90 Å². The molecule has 1 atom stereocenters. The van der Waals surface area contributed by atoms with Crippen molar-refractivity contribution in [3.63, 3.8) is 0 Å². The van der Waals surface area contributed by atoms with Gasteiger partial charge in [0.15, 0.2) is 0 Å². The van der Waals surface area contributed by atoms with Crippen LogP contribution in [0.15, 0.2) is 35.3 Å². The van der Waals surface area contributed by atoms with E-state index in [2.05, 4.69) is 10.3 Å². The van der Waals surface area contributed by atoms with Gasteiger partial charge in [0.1, 0.15) is 6.61 Å². The number of carbonyl (C=O) groups is 3. The first-order chi connectivity index (χ1) is 10.1. The van der Waals surface area contributed by atoms with E-state index in [0.29, 0.717) is 5.71 Å². The highest BCUT2D eigenvalue weighted by Gasteiger charge is 2.40. The molecule has 1 aromatic rings. The van der Waals surface area contributed by atoms with Crippen molar-refractivity contribution in [3.05, 3.63) is 35.9 Å². The molecule has 2 aliphatic heterocycles. The highest BCUT2D eigenvalue weighted by atomic mass is 16.6. The molecule has 0 bridgehead atoms. The quantitative estimate of drug-likeness (QED) is 0.877. The maximum Gasteiger partial charge on any atom is 0.410 e. The number of fused-ring (bicyclic) bond motifs is 1. The molecule has 108 valence electrons. The second-order valence-electron chi connectivity index (χ2n) is 4.87. The van der Waals surface area contributed by atoms with Crippen molar-refractivity contribution in [2.45, 2.75) is 6.61 Å². The average Bonchev–Trinajstić information content (AvgIpc) is 2.90. The molecule has 2 heterocycles. The summed E-state index contributed by atoms with van der Waals surface area (Å²) in [5.41, 5.74) is 1.30. The fraction of sp³-hybridized carbons (Fsp3) is 0.286. The number of likely N-dealkylation sites (tertiary alicyclic amines) is 1. The summed E-state index contributed by atoms with van der Waals surface area (Å²) in [6, 6.07) is 8.63. The van der Waals surface area contributed by atoms with Gasteiger partial charge in [-0.05, 0) is 5.56 Å². The Morgan fingerprint density at radius 1 is 1.33 bits per heavy atom. The number of imide groups is 1. The van der Waals surface area contributed by atoms with Crippen LogP contribution in [0, 0.1) is 5.92 Å². The smallest absolute Gasteiger partial charge is 0.410 e. The van der Waals surface area contributed by atoms with E-state index in [4.69, 9.17) is 4.74 Å². The van der Waals surface area contributed by atoms with Crippen molar-refractivity contribution in [2.75, 3.05) is 13.1 Å². The number of carbonyl (C=O) groups excluding carboxylic acids is 3. The Kier molecular flexibility index (Phi) is 3.39. The van der Waals surface area contributed by atoms with Crippen LogP contribution in [0.4, 0.5) is 9.59 Å². The van der Waals surface area contributed by atoms with Crippen molar-refractivity contribution < 1.29 is 19.1 Å². The van der Waals surface area contributed by atoms with Crippen molar-refractivity contribution >= 4 is 23.7 Å². The number of amides is 4. The lowest BCUT2D eigenvalue weighted by Crippen LogP contribution is -2.42. The number of urea groups is 1. The number of nitrogens with zero attached hydrogens (tertiary/aromatic N) is 2. The average molecular weight is 287 g/mol. The second-order valence-corrected chi connectivity index (χ2v) is 4.87. The molecule has 3 rings (SSSR count). The van der Waals surface area contributed by atoms with E-state index in [1.54, 1.807) is 0 Å². The van der Waals surface area contributed by atoms with Crippen LogP contribution >= 0.6 is 0 Å². The molecule has 7 nitrogen and oxygen atoms in total. The van der Waals surface area contributed by atoms with Gasteiger partial charge in [0.2, 0.25) is 5.91 Å². The predicted molar refractivity (Wildman–Crippen MR) is 72.7 cm³/mol. The number of aliphatic imine (C=N–C) groups is 1. The fourth-order valence-corrected chi connectivity index (χ4v) is 2.34. The zero-order valence-corrected chi connectivity index (χ0v) is 11.1. The van der Waals surface area contributed by atoms with E-state index in [0.717, 1.165) is 5.56 Å². The van der Waals surface area contributed by atoms with Crippen LogP contribution < -0.4 is 5.32 Å². The summed E-state index contributed by atoms with van der Waals surface area (Å²) < 4.78 is 5.20. The van der Waals surface area contributed by atoms with Gasteiger partial charge in [0.05, 0.1) is 18.2 Å². The van der Waals surface area contributed by atoms with Gasteiger partial charge in [0, 0.05) is 6.54 Å². The molecule has 0 saturated carbocycles. The second kappa shape index (κ2) is 5.35. The highest BCUT2D eigenvalue weighted by Crippen LogP contribution is 2.18. The molecular formula is C14H13N3O4. The van der Waals surface area contributed by atoms with Gasteiger partial charge in [-0.1, -0.05) is 30.3 Å². The topological polar surface area (TPSA) is 88.1 Å². The van der Waals surface area contributed by atoms with Crippen LogP contribution in [0.5, 0.6) is 0 Å². The molecule has 0 spiro atoms. The SMILES string of the molecule is O=C1N=C2CN(C(=O)OCc3ccccc3)CC2C(=O)N1. The molecule has 1 unspecified atom stereocenters. The molecule has 0 aromatic heterocycles. The van der Waals surface area contributed by atoms with Crippen LogP contribution in [0.1, 0.15) is 5.56 Å². The van der Waals surface area contributed by atoms with Crippen LogP contribution in [0.3, 0.4) is 0 Å². The molecular weight excluding hydrogens is 274 g/mol. The van der Waals surface area contributed by atoms with Gasteiger partial charge in [-0.2, -0.15) is 4.99 Å². The zero-order valence-electron chi connectivity index (χ0n) is 11.1. The summed E-state index contributed by atoms with van der Waals surface area (Å²) in [5, 5.41) is 2.12. The van der Waals surface area contributed by atoms with Crippen molar-refractivity contribution in [1.82, 2.24) is 10.2 Å². The Hall–Kier alpha value is -2.70. The molecule has 7 heteroatoms. The molecule has 0 aliphatic carbocycles. The Balaban J connectivity index is 1.61. The first-order valence-corrected chi connectivity index (χ1v) is 6.51. The Morgan fingerprint density at radius 2 is 2.10 bits per heavy atom. The Bertz CT molecular complexity index is 626. The van der Waals surface area contributed by atoms with Gasteiger partial charge in [-0.25, -0.2) is 9.59 Å². The maximum atomic E-state index is 12.0. The molecule has 1 fully saturated rings. The summed E-state index contributed by atoms with van der Waals surface area (Å²) in [5.74, 6) is -0.963. The van der Waals surface area contributed by atoms with Crippen LogP contribution in [0.25, 0.3) is 0 Å². The third-order valence-electron chi connectivity index (χ3n) is 3.41. The number of hydrogen-bond donors (Lipinski definition) is 1. The van der Waals surface area contributed by atoms with Crippen molar-refractivity contribution in [3.8, 4) is 0 Å². The Morgan fingerprint density at radius 3 is 2.86 bits per heavy atom. The van der Waals surface area contributed by atoms with Gasteiger partial charge in [0.25, 0.3) is 0 Å². The van der Waals surface area contributed by atoms with E-state index < -0.39 is 23.9 Å². The molecule has 2 aliphatic rings. The maximum absolute atomic E-state index is 12.0. The van der Waals surface area contributed by atoms with Crippen LogP contribution in [0.2, 0.25) is 0 Å². The lowest BCUT2D eigenvalue weighted by Gasteiger charge is -2.15. The standard InChI is InChI=1S/C14H13N3O4/c18-12-10-6-17(7-11(10)15-13(19)16-12)14(20)21-8-9-4-2-1-3-5-9/h1-5,10H,6-8H2,(H,16,18,19). The fourth-order valence-electron chi connectivity index (χ4n) is 2.34. The molecule has 1 saturated heterocycles. The van der Waals surface area contributed by atoms with E-state index in [9.17, 15) is 14.4 Å². The van der Waals surface area contributed by atoms with Crippen molar-refractivity contribution in [2.24, 2.45) is 10.9 Å². The van der Waals surface area contributed by atoms with Gasteiger partial charge < -0.3 is 9.64 Å². The summed E-state index contributed by atoms with van der Waals surface area (Å²) in [6.07, 6.45) is -0.517. The third kappa shape index (κ3) is 2.76. The minimum atomic E-state index is -0.675. The first kappa shape index (κ1) is 13.3. The number of benzene rings is 1. The number of hydrogen-bond acceptors (Lipinski definition) is 4. The van der Waals surface area contributed by atoms with E-state index in [-0.39, 0.29) is 19.7 Å². The van der Waals surface area contributed by atoms with Gasteiger partial charge >= 0.3 is 12.1 Å². The lowest BCUT2D eigenvalue weighted by atomic mass is 10.1. The molecule has 4 amide bonds. The molecule has 1 N–H and O–H groups in total. The zero-order chi connectivity index (χ0) is 14.8. The summed E-state index contributed by atoms with van der Waals surface area (Å²) in [4.78, 5) is 39.9. The van der Waals surface area contributed by atoms with Crippen molar-refractivity contribution in [1.29, 1.82) is 0 Å². The minimum Gasteiger partial charge on any atom is -0.445 e. The van der Waals surface area contributed by atoms with E-state index >= 15 is 0 Å². The predicted octanol–water partition coefficient (Wildman–Crippen LogP) is 0.946. The number of rotatable bonds is 2. The normalized spacial score (nSPS) is 20.7. The summed E-state index contributed by atoms with van der Waals surface area (Å²) >= 11 is 0. The molecule has 1 aromatic carbocycles. The van der Waals surface area contributed by atoms with Gasteiger partial charge in [-0.3, -0.25) is 10.1 Å². The largest absolute Gasteiger partial charge is 0.445 e. The lowest BCUT2D eigenvalue weighted by molar-refractivity contribution is -0.122. The van der Waals surface area contributed by atoms with Gasteiger partial charge in [-0.15, -0.1) is 0 Å². The molecule has 0 radical (unpaired) electrons. The number of nitrogens with one attached hydrogen (secondary N) is 1. The monoisotopic (exact) mass is 287 g/mol. The highest BCUT2D eigenvalue weighted by molar-refractivity contribution is 6.18. The first-order valence-electron chi connectivity index (χ1n) is 6.51. The minimum absolute atomic E-state index is 0.150. The summed E-state index contributed by atoms with van der Waals surface area (Å²) in [7, 11) is 0. The summed E-state index contributed by atoms with van der Waals surface area (Å²) in [6.45, 7) is 0.501. The number of ether oxygens (including phenoxy) is 1.